The minimum absolute atomic E-state index is 0.118. The zero-order valence-corrected chi connectivity index (χ0v) is 24.1. The highest BCUT2D eigenvalue weighted by Crippen LogP contribution is 2.68. The molecule has 1 N–H and O–H groups in total. The molecule has 1 aromatic rings. The first-order valence-corrected chi connectivity index (χ1v) is 15.2. The monoisotopic (exact) mass is 520 g/mol. The fraction of sp³-hybridized carbons (Fsp3) is 0.706. The van der Waals surface area contributed by atoms with Crippen molar-refractivity contribution in [3.8, 4) is 0 Å². The van der Waals surface area contributed by atoms with Crippen LogP contribution in [0.2, 0.25) is 0 Å². The Labute approximate surface area is 229 Å². The Balaban J connectivity index is 1.34. The van der Waals surface area contributed by atoms with Crippen LogP contribution in [0.3, 0.4) is 0 Å². The van der Waals surface area contributed by atoms with Crippen LogP contribution in [0, 0.1) is 52.3 Å². The second-order valence-corrected chi connectivity index (χ2v) is 13.6. The van der Waals surface area contributed by atoms with Crippen LogP contribution in [0.5, 0.6) is 0 Å². The molecule has 0 radical (unpaired) electrons. The minimum Gasteiger partial charge on any atom is -0.465 e. The molecule has 4 aliphatic rings. The molecule has 4 nitrogen and oxygen atoms in total. The normalized spacial score (nSPS) is 41.3. The fourth-order valence-corrected chi connectivity index (χ4v) is 10.1. The number of benzene rings is 1. The topological polar surface area (TPSA) is 63.6 Å². The molecule has 0 saturated heterocycles. The highest BCUT2D eigenvalue weighted by atomic mass is 16.5. The molecule has 4 aliphatic carbocycles. The van der Waals surface area contributed by atoms with E-state index in [4.69, 9.17) is 4.74 Å². The molecule has 0 amide bonds. The van der Waals surface area contributed by atoms with Gasteiger partial charge in [-0.05, 0) is 110 Å². The van der Waals surface area contributed by atoms with Gasteiger partial charge in [0.05, 0.1) is 18.8 Å². The summed E-state index contributed by atoms with van der Waals surface area (Å²) in [6, 6.07) is 7.62. The molecule has 0 bridgehead atoms. The van der Waals surface area contributed by atoms with Crippen LogP contribution in [0.15, 0.2) is 30.3 Å². The number of ketones is 1. The van der Waals surface area contributed by atoms with Gasteiger partial charge in [-0.15, -0.1) is 0 Å². The zero-order valence-electron chi connectivity index (χ0n) is 24.1. The van der Waals surface area contributed by atoms with Crippen molar-refractivity contribution in [2.75, 3.05) is 7.11 Å². The summed E-state index contributed by atoms with van der Waals surface area (Å²) in [5.74, 6) is 3.02. The lowest BCUT2D eigenvalue weighted by atomic mass is 9.42. The van der Waals surface area contributed by atoms with Gasteiger partial charge in [-0.25, -0.2) is 4.79 Å². The number of hydrogen-bond donors (Lipinski definition) is 1. The van der Waals surface area contributed by atoms with Crippen LogP contribution < -0.4 is 0 Å². The van der Waals surface area contributed by atoms with Gasteiger partial charge in [-0.3, -0.25) is 4.79 Å². The summed E-state index contributed by atoms with van der Waals surface area (Å²) >= 11 is 0. The number of rotatable bonds is 6. The highest BCUT2D eigenvalue weighted by molar-refractivity contribution is 5.93. The van der Waals surface area contributed by atoms with Crippen molar-refractivity contribution >= 4 is 17.8 Å². The van der Waals surface area contributed by atoms with E-state index >= 15 is 0 Å². The number of ether oxygens (including phenoxy) is 1. The second-order valence-electron chi connectivity index (χ2n) is 13.6. The summed E-state index contributed by atoms with van der Waals surface area (Å²) < 4.78 is 4.96. The quantitative estimate of drug-likeness (QED) is 0.398. The summed E-state index contributed by atoms with van der Waals surface area (Å²) in [6.45, 7) is 9.56. The summed E-state index contributed by atoms with van der Waals surface area (Å²) in [4.78, 5) is 26.3. The number of carbonyl (C=O) groups excluding carboxylic acids is 2. The van der Waals surface area contributed by atoms with E-state index in [1.54, 1.807) is 0 Å². The number of aliphatic hydroxyl groups excluding tert-OH is 1. The van der Waals surface area contributed by atoms with Gasteiger partial charge < -0.3 is 9.84 Å². The van der Waals surface area contributed by atoms with Crippen molar-refractivity contribution in [1.29, 1.82) is 0 Å². The first-order chi connectivity index (χ1) is 18.2. The first-order valence-electron chi connectivity index (χ1n) is 15.2. The lowest BCUT2D eigenvalue weighted by Gasteiger charge is -2.62. The van der Waals surface area contributed by atoms with Gasteiger partial charge in [0.15, 0.2) is 0 Å². The van der Waals surface area contributed by atoms with Gasteiger partial charge >= 0.3 is 5.97 Å². The lowest BCUT2D eigenvalue weighted by molar-refractivity contribution is -0.173. The maximum absolute atomic E-state index is 14.2. The second kappa shape index (κ2) is 10.6. The Kier molecular flexibility index (Phi) is 7.68. The summed E-state index contributed by atoms with van der Waals surface area (Å²) in [6.07, 6.45) is 13.5. The summed E-state index contributed by atoms with van der Waals surface area (Å²) in [5, 5.41) is 10.5. The average molecular weight is 521 g/mol. The molecule has 4 heteroatoms. The smallest absolute Gasteiger partial charge is 0.338 e. The van der Waals surface area contributed by atoms with Crippen LogP contribution in [-0.2, 0) is 9.53 Å². The molecule has 5 rings (SSSR count). The van der Waals surface area contributed by atoms with Gasteiger partial charge in [-0.2, -0.15) is 0 Å². The van der Waals surface area contributed by atoms with E-state index in [1.807, 2.05) is 24.3 Å². The van der Waals surface area contributed by atoms with Crippen molar-refractivity contribution in [3.05, 3.63) is 41.5 Å². The third-order valence-corrected chi connectivity index (χ3v) is 12.1. The van der Waals surface area contributed by atoms with Crippen LogP contribution >= 0.6 is 0 Å². The molecule has 208 valence electrons. The van der Waals surface area contributed by atoms with Crippen LogP contribution in [0.4, 0.5) is 0 Å². The van der Waals surface area contributed by atoms with Crippen molar-refractivity contribution < 1.29 is 19.4 Å². The molecule has 0 unspecified atom stereocenters. The SMILES string of the molecule is CC[C@H]1C(=O)[C@@H]2[C@H](CC[C@]3(C)[C@@H]([C@H](C)C/C=C/c4ccccc4C(=O)OC)CC[C@@H]23)[C@@]2(C)CC[C@@H](O)C[C@@H]12. The summed E-state index contributed by atoms with van der Waals surface area (Å²) in [7, 11) is 1.43. The number of allylic oxidation sites excluding steroid dienone is 1. The Hall–Kier alpha value is -1.94. The van der Waals surface area contributed by atoms with E-state index in [9.17, 15) is 14.7 Å². The number of esters is 1. The number of hydrogen-bond acceptors (Lipinski definition) is 4. The third-order valence-electron chi connectivity index (χ3n) is 12.1. The van der Waals surface area contributed by atoms with E-state index < -0.39 is 0 Å². The fourth-order valence-electron chi connectivity index (χ4n) is 10.1. The van der Waals surface area contributed by atoms with Gasteiger partial charge in [0.1, 0.15) is 5.78 Å². The van der Waals surface area contributed by atoms with Gasteiger partial charge in [0, 0.05) is 11.8 Å². The average Bonchev–Trinajstić information content (AvgIpc) is 3.27. The predicted octanol–water partition coefficient (Wildman–Crippen LogP) is 7.35. The van der Waals surface area contributed by atoms with E-state index in [0.29, 0.717) is 40.9 Å². The predicted molar refractivity (Wildman–Crippen MR) is 151 cm³/mol. The van der Waals surface area contributed by atoms with Crippen molar-refractivity contribution in [1.82, 2.24) is 0 Å². The first kappa shape index (κ1) is 27.6. The van der Waals surface area contributed by atoms with E-state index in [0.717, 1.165) is 44.1 Å². The van der Waals surface area contributed by atoms with Crippen LogP contribution in [0.1, 0.15) is 101 Å². The number of fused-ring (bicyclic) bond motifs is 5. The van der Waals surface area contributed by atoms with E-state index in [1.165, 1.54) is 26.4 Å². The molecule has 1 aromatic carbocycles. The van der Waals surface area contributed by atoms with Crippen LogP contribution in [-0.4, -0.2) is 30.1 Å². The minimum atomic E-state index is -0.299. The summed E-state index contributed by atoms with van der Waals surface area (Å²) in [5.41, 5.74) is 1.91. The Morgan fingerprint density at radius 2 is 1.79 bits per heavy atom. The molecular formula is C34H48O4. The number of aliphatic hydroxyl groups is 1. The zero-order chi connectivity index (χ0) is 27.2. The molecule has 10 atom stereocenters. The molecule has 4 saturated carbocycles. The Bertz CT molecular complexity index is 1080. The standard InChI is InChI=1S/C34H48O4/c1-6-24-29-20-23(35)16-18-34(29,4)28-17-19-33(3)26(14-15-27(33)30(28)31(24)36)21(2)10-9-12-22-11-7-8-13-25(22)32(37)38-5/h7-9,11-13,21,23-24,26-30,35H,6,10,14-20H2,1-5H3/b12-9+/t21-,23-,24-,26-,27+,28+,29+,30+,33-,34-/m1/s1. The molecule has 0 heterocycles. The molecule has 38 heavy (non-hydrogen) atoms. The highest BCUT2D eigenvalue weighted by Gasteiger charge is 2.65. The molecule has 0 spiro atoms. The molecule has 0 aromatic heterocycles. The number of Topliss-reactive ketones (excluding diaryl/α,β-unsaturated/α-hetero) is 1. The van der Waals surface area contributed by atoms with Gasteiger partial charge in [-0.1, -0.05) is 58.0 Å². The van der Waals surface area contributed by atoms with Gasteiger partial charge in [0.25, 0.3) is 0 Å². The Morgan fingerprint density at radius 3 is 2.53 bits per heavy atom. The maximum atomic E-state index is 14.2. The molecular weight excluding hydrogens is 472 g/mol. The van der Waals surface area contributed by atoms with Crippen molar-refractivity contribution in [3.63, 3.8) is 0 Å². The lowest BCUT2D eigenvalue weighted by Crippen LogP contribution is -2.60. The van der Waals surface area contributed by atoms with E-state index in [-0.39, 0.29) is 34.7 Å². The Morgan fingerprint density at radius 1 is 1.08 bits per heavy atom. The van der Waals surface area contributed by atoms with Crippen molar-refractivity contribution in [2.45, 2.75) is 91.6 Å². The number of methoxy groups -OCH3 is 1. The largest absolute Gasteiger partial charge is 0.465 e. The van der Waals surface area contributed by atoms with Gasteiger partial charge in [0.2, 0.25) is 0 Å². The maximum Gasteiger partial charge on any atom is 0.338 e. The van der Waals surface area contributed by atoms with Crippen LogP contribution in [0.25, 0.3) is 6.08 Å². The molecule has 0 aliphatic heterocycles. The number of carbonyl (C=O) groups is 2. The van der Waals surface area contributed by atoms with E-state index in [2.05, 4.69) is 39.8 Å². The molecule has 4 fully saturated rings. The third kappa shape index (κ3) is 4.39. The van der Waals surface area contributed by atoms with Crippen molar-refractivity contribution in [2.24, 2.45) is 52.3 Å².